The van der Waals surface area contributed by atoms with E-state index in [0.717, 1.165) is 5.69 Å². The van der Waals surface area contributed by atoms with E-state index in [-0.39, 0.29) is 9.79 Å². The molecule has 0 spiro atoms. The lowest BCUT2D eigenvalue weighted by atomic mass is 10.2. The molecular formula is C20H24ClN3O5S2. The van der Waals surface area contributed by atoms with Gasteiger partial charge in [-0.25, -0.2) is 16.8 Å². The second kappa shape index (κ2) is 9.05. The maximum Gasteiger partial charge on any atom is 0.243 e. The largest absolute Gasteiger partial charge is 0.379 e. The maximum absolute atomic E-state index is 13.1. The molecule has 31 heavy (non-hydrogen) atoms. The molecule has 0 bridgehead atoms. The van der Waals surface area contributed by atoms with Gasteiger partial charge in [-0.15, -0.1) is 0 Å². The Labute approximate surface area is 188 Å². The predicted octanol–water partition coefficient (Wildman–Crippen LogP) is 1.87. The van der Waals surface area contributed by atoms with E-state index in [1.807, 2.05) is 18.2 Å². The minimum absolute atomic E-state index is 0.0825. The minimum atomic E-state index is -3.71. The Morgan fingerprint density at radius 3 is 1.74 bits per heavy atom. The molecule has 8 nitrogen and oxygen atoms in total. The Morgan fingerprint density at radius 2 is 1.23 bits per heavy atom. The Bertz CT molecular complexity index is 1130. The SMILES string of the molecule is O=S(=O)(c1ccc(S(=O)(=O)N2CCN(c3cccc(Cl)c3)CC2)cc1)N1CCOCC1. The van der Waals surface area contributed by atoms with Crippen LogP contribution in [0.4, 0.5) is 5.69 Å². The monoisotopic (exact) mass is 485 g/mol. The van der Waals surface area contributed by atoms with E-state index < -0.39 is 20.0 Å². The summed E-state index contributed by atoms with van der Waals surface area (Å²) in [5.74, 6) is 0. The molecule has 2 aliphatic heterocycles. The zero-order valence-corrected chi connectivity index (χ0v) is 19.2. The van der Waals surface area contributed by atoms with Crippen LogP contribution in [-0.4, -0.2) is 77.9 Å². The van der Waals surface area contributed by atoms with Gasteiger partial charge in [0.1, 0.15) is 0 Å². The number of piperazine rings is 1. The van der Waals surface area contributed by atoms with Crippen LogP contribution >= 0.6 is 11.6 Å². The highest BCUT2D eigenvalue weighted by Gasteiger charge is 2.30. The number of benzene rings is 2. The van der Waals surface area contributed by atoms with Crippen molar-refractivity contribution in [3.8, 4) is 0 Å². The number of ether oxygens (including phenoxy) is 1. The fourth-order valence-electron chi connectivity index (χ4n) is 3.73. The molecule has 0 amide bonds. The van der Waals surface area contributed by atoms with E-state index in [0.29, 0.717) is 57.5 Å². The number of hydrogen-bond donors (Lipinski definition) is 0. The third-order valence-electron chi connectivity index (χ3n) is 5.48. The zero-order chi connectivity index (χ0) is 22.1. The highest BCUT2D eigenvalue weighted by atomic mass is 35.5. The molecule has 2 aromatic rings. The smallest absolute Gasteiger partial charge is 0.243 e. The van der Waals surface area contributed by atoms with Gasteiger partial charge in [-0.1, -0.05) is 17.7 Å². The minimum Gasteiger partial charge on any atom is -0.379 e. The first-order valence-electron chi connectivity index (χ1n) is 9.97. The Morgan fingerprint density at radius 1 is 0.710 bits per heavy atom. The lowest BCUT2D eigenvalue weighted by Gasteiger charge is -2.35. The van der Waals surface area contributed by atoms with Gasteiger partial charge in [0.2, 0.25) is 20.0 Å². The van der Waals surface area contributed by atoms with Crippen molar-refractivity contribution in [2.75, 3.05) is 57.4 Å². The lowest BCUT2D eigenvalue weighted by Crippen LogP contribution is -2.48. The summed E-state index contributed by atoms with van der Waals surface area (Å²) in [6, 6.07) is 12.9. The van der Waals surface area contributed by atoms with Crippen LogP contribution in [-0.2, 0) is 24.8 Å². The molecule has 0 N–H and O–H groups in total. The van der Waals surface area contributed by atoms with E-state index in [2.05, 4.69) is 4.90 Å². The maximum atomic E-state index is 13.1. The summed E-state index contributed by atoms with van der Waals surface area (Å²) in [5, 5.41) is 0.639. The Kier molecular flexibility index (Phi) is 6.57. The number of nitrogens with zero attached hydrogens (tertiary/aromatic N) is 3. The van der Waals surface area contributed by atoms with Crippen molar-refractivity contribution in [1.29, 1.82) is 0 Å². The molecule has 2 aliphatic rings. The molecule has 11 heteroatoms. The van der Waals surface area contributed by atoms with E-state index in [1.54, 1.807) is 6.07 Å². The van der Waals surface area contributed by atoms with Crippen molar-refractivity contribution in [2.24, 2.45) is 0 Å². The van der Waals surface area contributed by atoms with E-state index in [4.69, 9.17) is 16.3 Å². The average molecular weight is 486 g/mol. The van der Waals surface area contributed by atoms with Gasteiger partial charge in [-0.3, -0.25) is 0 Å². The van der Waals surface area contributed by atoms with E-state index in [9.17, 15) is 16.8 Å². The van der Waals surface area contributed by atoms with E-state index in [1.165, 1.54) is 32.9 Å². The summed E-state index contributed by atoms with van der Waals surface area (Å²) in [7, 11) is -7.37. The summed E-state index contributed by atoms with van der Waals surface area (Å²) in [6.07, 6.45) is 0. The van der Waals surface area contributed by atoms with Crippen LogP contribution < -0.4 is 4.90 Å². The van der Waals surface area contributed by atoms with Crippen LogP contribution in [0.3, 0.4) is 0 Å². The second-order valence-corrected chi connectivity index (χ2v) is 11.7. The molecule has 168 valence electrons. The fraction of sp³-hybridized carbons (Fsp3) is 0.400. The normalized spacial score (nSPS) is 19.5. The van der Waals surface area contributed by atoms with Crippen LogP contribution in [0.2, 0.25) is 5.02 Å². The van der Waals surface area contributed by atoms with Crippen molar-refractivity contribution in [2.45, 2.75) is 9.79 Å². The summed E-state index contributed by atoms with van der Waals surface area (Å²) in [4.78, 5) is 2.26. The Balaban J connectivity index is 1.45. The summed E-state index contributed by atoms with van der Waals surface area (Å²) < 4.78 is 59.6. The Hall–Kier alpha value is -1.69. The van der Waals surface area contributed by atoms with Crippen LogP contribution in [0, 0.1) is 0 Å². The molecule has 0 radical (unpaired) electrons. The third kappa shape index (κ3) is 4.74. The van der Waals surface area contributed by atoms with Gasteiger partial charge in [-0.2, -0.15) is 8.61 Å². The molecule has 4 rings (SSSR count). The first-order valence-corrected chi connectivity index (χ1v) is 13.2. The number of rotatable bonds is 5. The number of halogens is 1. The van der Waals surface area contributed by atoms with Crippen molar-refractivity contribution < 1.29 is 21.6 Å². The lowest BCUT2D eigenvalue weighted by molar-refractivity contribution is 0.0730. The first-order chi connectivity index (χ1) is 14.8. The molecule has 0 unspecified atom stereocenters. The average Bonchev–Trinajstić information content (AvgIpc) is 2.80. The topological polar surface area (TPSA) is 87.2 Å². The standard InChI is InChI=1S/C20H24ClN3O5S2/c21-17-2-1-3-18(16-17)22-8-10-23(11-9-22)30(25,26)19-4-6-20(7-5-19)31(27,28)24-12-14-29-15-13-24/h1-7,16H,8-15H2. The molecular weight excluding hydrogens is 462 g/mol. The van der Waals surface area contributed by atoms with Gasteiger partial charge in [0.25, 0.3) is 0 Å². The predicted molar refractivity (Wildman–Crippen MR) is 118 cm³/mol. The van der Waals surface area contributed by atoms with Gasteiger partial charge in [0.05, 0.1) is 23.0 Å². The quantitative estimate of drug-likeness (QED) is 0.642. The van der Waals surface area contributed by atoms with Crippen LogP contribution in [0.1, 0.15) is 0 Å². The molecule has 0 aliphatic carbocycles. The van der Waals surface area contributed by atoms with Crippen molar-refractivity contribution in [3.05, 3.63) is 53.6 Å². The second-order valence-electron chi connectivity index (χ2n) is 7.36. The van der Waals surface area contributed by atoms with Gasteiger partial charge in [0.15, 0.2) is 0 Å². The number of anilines is 1. The van der Waals surface area contributed by atoms with Crippen LogP contribution in [0.5, 0.6) is 0 Å². The van der Waals surface area contributed by atoms with Crippen molar-refractivity contribution >= 4 is 37.3 Å². The summed E-state index contributed by atoms with van der Waals surface area (Å²) in [6.45, 7) is 3.05. The number of morpholine rings is 1. The first kappa shape index (κ1) is 22.5. The highest BCUT2D eigenvalue weighted by molar-refractivity contribution is 7.89. The molecule has 2 heterocycles. The third-order valence-corrected chi connectivity index (χ3v) is 9.54. The molecule has 0 aromatic heterocycles. The van der Waals surface area contributed by atoms with Crippen molar-refractivity contribution in [3.63, 3.8) is 0 Å². The van der Waals surface area contributed by atoms with Gasteiger partial charge in [-0.05, 0) is 42.5 Å². The number of hydrogen-bond acceptors (Lipinski definition) is 6. The fourth-order valence-corrected chi connectivity index (χ4v) is 6.74. The van der Waals surface area contributed by atoms with Gasteiger partial charge in [0, 0.05) is 50.0 Å². The van der Waals surface area contributed by atoms with Gasteiger partial charge >= 0.3 is 0 Å². The molecule has 2 fully saturated rings. The van der Waals surface area contributed by atoms with E-state index >= 15 is 0 Å². The molecule has 2 saturated heterocycles. The van der Waals surface area contributed by atoms with Crippen LogP contribution in [0.25, 0.3) is 0 Å². The summed E-state index contributed by atoms with van der Waals surface area (Å²) in [5.41, 5.74) is 0.960. The summed E-state index contributed by atoms with van der Waals surface area (Å²) >= 11 is 6.05. The molecule has 2 aromatic carbocycles. The van der Waals surface area contributed by atoms with Crippen molar-refractivity contribution in [1.82, 2.24) is 8.61 Å². The molecule has 0 saturated carbocycles. The molecule has 0 atom stereocenters. The van der Waals surface area contributed by atoms with Gasteiger partial charge < -0.3 is 9.64 Å². The zero-order valence-electron chi connectivity index (χ0n) is 16.9. The van der Waals surface area contributed by atoms with Crippen LogP contribution in [0.15, 0.2) is 58.3 Å². The number of sulfonamides is 2. The highest BCUT2D eigenvalue weighted by Crippen LogP contribution is 2.25.